The van der Waals surface area contributed by atoms with E-state index in [1.54, 1.807) is 18.2 Å². The van der Waals surface area contributed by atoms with Crippen molar-refractivity contribution in [1.82, 2.24) is 0 Å². The molecule has 5 nitrogen and oxygen atoms in total. The highest BCUT2D eigenvalue weighted by Gasteiger charge is 2.16. The van der Waals surface area contributed by atoms with Crippen molar-refractivity contribution in [2.24, 2.45) is 0 Å². The van der Waals surface area contributed by atoms with Crippen LogP contribution in [0.25, 0.3) is 11.0 Å². The van der Waals surface area contributed by atoms with Crippen LogP contribution in [-0.4, -0.2) is 31.4 Å². The van der Waals surface area contributed by atoms with Crippen molar-refractivity contribution in [3.05, 3.63) is 40.2 Å². The highest BCUT2D eigenvalue weighted by atomic mass is 16.5. The Balaban J connectivity index is 1.99. The Morgan fingerprint density at radius 3 is 2.79 bits per heavy atom. The van der Waals surface area contributed by atoms with E-state index in [4.69, 9.17) is 9.15 Å². The summed E-state index contributed by atoms with van der Waals surface area (Å²) in [6.07, 6.45) is 0. The Bertz CT molecular complexity index is 643. The summed E-state index contributed by atoms with van der Waals surface area (Å²) in [6, 6.07) is 6.43. The van der Waals surface area contributed by atoms with Gasteiger partial charge in [0.2, 0.25) is 0 Å². The lowest BCUT2D eigenvalue weighted by atomic mass is 10.1. The summed E-state index contributed by atoms with van der Waals surface area (Å²) in [5.41, 5.74) is 1.03. The Morgan fingerprint density at radius 1 is 1.21 bits per heavy atom. The largest absolute Gasteiger partial charge is 0.508 e. The lowest BCUT2D eigenvalue weighted by molar-refractivity contribution is -0.921. The zero-order chi connectivity index (χ0) is 13.2. The lowest BCUT2D eigenvalue weighted by Gasteiger charge is -2.24. The highest BCUT2D eigenvalue weighted by Crippen LogP contribution is 2.21. The fourth-order valence-electron chi connectivity index (χ4n) is 2.47. The molecule has 0 amide bonds. The van der Waals surface area contributed by atoms with Crippen LogP contribution in [0.2, 0.25) is 0 Å². The Labute approximate surface area is 110 Å². The second kappa shape index (κ2) is 5.03. The van der Waals surface area contributed by atoms with Crippen LogP contribution in [0, 0.1) is 0 Å². The normalized spacial score (nSPS) is 16.8. The maximum atomic E-state index is 11.6. The monoisotopic (exact) mass is 262 g/mol. The topological polar surface area (TPSA) is 64.1 Å². The molecule has 5 heteroatoms. The Morgan fingerprint density at radius 2 is 2.00 bits per heavy atom. The van der Waals surface area contributed by atoms with Gasteiger partial charge < -0.3 is 19.2 Å². The first-order chi connectivity index (χ1) is 9.22. The van der Waals surface area contributed by atoms with Crippen molar-refractivity contribution < 1.29 is 19.2 Å². The number of hydrogen-bond donors (Lipinski definition) is 2. The van der Waals surface area contributed by atoms with Crippen molar-refractivity contribution in [3.8, 4) is 5.75 Å². The van der Waals surface area contributed by atoms with Gasteiger partial charge in [-0.25, -0.2) is 4.79 Å². The van der Waals surface area contributed by atoms with Crippen LogP contribution in [0.1, 0.15) is 5.56 Å². The van der Waals surface area contributed by atoms with E-state index in [0.29, 0.717) is 5.58 Å². The molecule has 1 aromatic heterocycles. The quantitative estimate of drug-likeness (QED) is 0.743. The summed E-state index contributed by atoms with van der Waals surface area (Å²) in [5.74, 6) is 0.103. The molecule has 0 aliphatic carbocycles. The van der Waals surface area contributed by atoms with E-state index < -0.39 is 0 Å². The first kappa shape index (κ1) is 12.2. The molecule has 0 spiro atoms. The summed E-state index contributed by atoms with van der Waals surface area (Å²) < 4.78 is 10.5. The van der Waals surface area contributed by atoms with E-state index in [0.717, 1.165) is 43.8 Å². The van der Waals surface area contributed by atoms with E-state index >= 15 is 0 Å². The predicted octanol–water partition coefficient (Wildman–Crippen LogP) is -0.0863. The van der Waals surface area contributed by atoms with Crippen molar-refractivity contribution in [3.63, 3.8) is 0 Å². The minimum atomic E-state index is -0.374. The molecule has 100 valence electrons. The smallest absolute Gasteiger partial charge is 0.336 e. The standard InChI is InChI=1S/C14H15NO4/c16-11-1-2-12-10(7-14(17)19-13(12)8-11)9-15-3-5-18-6-4-15/h1-2,7-8,16H,3-6,9H2/p+1. The summed E-state index contributed by atoms with van der Waals surface area (Å²) >= 11 is 0. The number of fused-ring (bicyclic) bond motifs is 1. The molecule has 0 atom stereocenters. The number of ether oxygens (including phenoxy) is 1. The number of phenols is 1. The molecule has 1 aliphatic rings. The molecule has 0 radical (unpaired) electrons. The molecule has 2 heterocycles. The van der Waals surface area contributed by atoms with Gasteiger partial charge in [0.15, 0.2) is 0 Å². The SMILES string of the molecule is O=c1cc(C[NH+]2CCOCC2)c2ccc(O)cc2o1. The minimum Gasteiger partial charge on any atom is -0.508 e. The van der Waals surface area contributed by atoms with Crippen molar-refractivity contribution >= 4 is 11.0 Å². The fraction of sp³-hybridized carbons (Fsp3) is 0.357. The predicted molar refractivity (Wildman–Crippen MR) is 69.4 cm³/mol. The third-order valence-electron chi connectivity index (χ3n) is 3.45. The molecule has 2 aromatic rings. The molecule has 0 bridgehead atoms. The van der Waals surface area contributed by atoms with Gasteiger partial charge >= 0.3 is 5.63 Å². The molecule has 0 saturated carbocycles. The molecular formula is C14H16NO4+. The van der Waals surface area contributed by atoms with Gasteiger partial charge in [-0.2, -0.15) is 0 Å². The van der Waals surface area contributed by atoms with E-state index in [1.165, 1.54) is 11.0 Å². The third-order valence-corrected chi connectivity index (χ3v) is 3.45. The number of benzene rings is 1. The van der Waals surface area contributed by atoms with Crippen molar-refractivity contribution in [2.45, 2.75) is 6.54 Å². The zero-order valence-electron chi connectivity index (χ0n) is 10.5. The number of aromatic hydroxyl groups is 1. The second-order valence-corrected chi connectivity index (χ2v) is 4.81. The van der Waals surface area contributed by atoms with Gasteiger partial charge in [0.1, 0.15) is 31.0 Å². The van der Waals surface area contributed by atoms with Gasteiger partial charge in [-0.05, 0) is 12.1 Å². The van der Waals surface area contributed by atoms with Crippen LogP contribution < -0.4 is 10.5 Å². The first-order valence-electron chi connectivity index (χ1n) is 6.39. The molecular weight excluding hydrogens is 246 g/mol. The molecule has 1 aromatic carbocycles. The minimum absolute atomic E-state index is 0.103. The highest BCUT2D eigenvalue weighted by molar-refractivity contribution is 5.81. The maximum absolute atomic E-state index is 11.6. The first-order valence-corrected chi connectivity index (χ1v) is 6.39. The summed E-state index contributed by atoms with van der Waals surface area (Å²) in [6.45, 7) is 4.18. The van der Waals surface area contributed by atoms with Crippen LogP contribution in [-0.2, 0) is 11.3 Å². The molecule has 1 saturated heterocycles. The van der Waals surface area contributed by atoms with Crippen molar-refractivity contribution in [2.75, 3.05) is 26.3 Å². The molecule has 0 unspecified atom stereocenters. The van der Waals surface area contributed by atoms with Gasteiger partial charge in [-0.15, -0.1) is 0 Å². The van der Waals surface area contributed by atoms with E-state index in [9.17, 15) is 9.90 Å². The lowest BCUT2D eigenvalue weighted by Crippen LogP contribution is -3.12. The van der Waals surface area contributed by atoms with E-state index in [1.807, 2.05) is 0 Å². The van der Waals surface area contributed by atoms with Gasteiger partial charge in [0.05, 0.1) is 13.2 Å². The Hall–Kier alpha value is -1.85. The number of rotatable bonds is 2. The van der Waals surface area contributed by atoms with E-state index in [-0.39, 0.29) is 11.4 Å². The molecule has 1 fully saturated rings. The van der Waals surface area contributed by atoms with Gasteiger partial charge in [0.25, 0.3) is 0 Å². The number of morpholine rings is 1. The number of quaternary nitrogens is 1. The summed E-state index contributed by atoms with van der Waals surface area (Å²) in [7, 11) is 0. The second-order valence-electron chi connectivity index (χ2n) is 4.81. The average molecular weight is 262 g/mol. The van der Waals surface area contributed by atoms with Gasteiger partial charge in [-0.1, -0.05) is 0 Å². The molecule has 1 aliphatic heterocycles. The van der Waals surface area contributed by atoms with Crippen LogP contribution in [0.5, 0.6) is 5.75 Å². The van der Waals surface area contributed by atoms with Crippen molar-refractivity contribution in [1.29, 1.82) is 0 Å². The molecule has 19 heavy (non-hydrogen) atoms. The fourth-order valence-corrected chi connectivity index (χ4v) is 2.47. The number of phenolic OH excluding ortho intramolecular Hbond substituents is 1. The van der Waals surface area contributed by atoms with Crippen LogP contribution in [0.4, 0.5) is 0 Å². The van der Waals surface area contributed by atoms with Gasteiger partial charge in [-0.3, -0.25) is 0 Å². The van der Waals surface area contributed by atoms with Crippen LogP contribution in [0.3, 0.4) is 0 Å². The summed E-state index contributed by atoms with van der Waals surface area (Å²) in [4.78, 5) is 13.0. The Kier molecular flexibility index (Phi) is 3.23. The number of nitrogens with one attached hydrogen (secondary N) is 1. The molecule has 2 N–H and O–H groups in total. The number of hydrogen-bond acceptors (Lipinski definition) is 4. The van der Waals surface area contributed by atoms with Crippen LogP contribution >= 0.6 is 0 Å². The van der Waals surface area contributed by atoms with Crippen LogP contribution in [0.15, 0.2) is 33.5 Å². The van der Waals surface area contributed by atoms with Gasteiger partial charge in [0, 0.05) is 23.1 Å². The molecule has 3 rings (SSSR count). The third kappa shape index (κ3) is 2.62. The maximum Gasteiger partial charge on any atom is 0.336 e. The zero-order valence-corrected chi connectivity index (χ0v) is 10.5. The summed E-state index contributed by atoms with van der Waals surface area (Å²) in [5, 5.41) is 10.3. The van der Waals surface area contributed by atoms with E-state index in [2.05, 4.69) is 0 Å². The average Bonchev–Trinajstić information content (AvgIpc) is 2.39.